The van der Waals surface area contributed by atoms with Crippen molar-refractivity contribution in [2.24, 2.45) is 11.8 Å². The third-order valence-corrected chi connectivity index (χ3v) is 5.64. The first-order valence-electron chi connectivity index (χ1n) is 11.2. The minimum Gasteiger partial charge on any atom is -0.463 e. The van der Waals surface area contributed by atoms with E-state index in [0.29, 0.717) is 16.8 Å². The third-order valence-electron chi connectivity index (χ3n) is 5.64. The Morgan fingerprint density at radius 1 is 0.939 bits per heavy atom. The Hall–Kier alpha value is -3.78. The lowest BCUT2D eigenvalue weighted by Gasteiger charge is -2.28. The van der Waals surface area contributed by atoms with Crippen LogP contribution in [-0.4, -0.2) is 18.5 Å². The number of allylic oxidation sites excluding steroid dienone is 2. The number of rotatable bonds is 6. The second-order valence-corrected chi connectivity index (χ2v) is 8.12. The molecule has 1 heterocycles. The molecule has 2 aliphatic rings. The fourth-order valence-electron chi connectivity index (χ4n) is 3.88. The normalized spacial score (nSPS) is 17.6. The SMILES string of the molecule is CCOC(=O)C1=C(C)NC(C2CC2)=C(C(=O)OCc2ccccc2)[C@H]1C#Cc1ccccc1. The van der Waals surface area contributed by atoms with E-state index in [-0.39, 0.29) is 19.1 Å². The van der Waals surface area contributed by atoms with Crippen molar-refractivity contribution in [1.82, 2.24) is 5.32 Å². The van der Waals surface area contributed by atoms with Crippen LogP contribution in [-0.2, 0) is 25.7 Å². The Kier molecular flexibility index (Phi) is 6.95. The number of esters is 2. The summed E-state index contributed by atoms with van der Waals surface area (Å²) in [5, 5.41) is 3.31. The molecule has 0 aromatic heterocycles. The molecule has 2 aromatic carbocycles. The Morgan fingerprint density at radius 2 is 1.58 bits per heavy atom. The summed E-state index contributed by atoms with van der Waals surface area (Å²) in [6.45, 7) is 3.98. The van der Waals surface area contributed by atoms with Crippen LogP contribution in [0.4, 0.5) is 0 Å². The summed E-state index contributed by atoms with van der Waals surface area (Å²) in [5.74, 6) is 4.90. The Morgan fingerprint density at radius 3 is 2.21 bits per heavy atom. The van der Waals surface area contributed by atoms with E-state index >= 15 is 0 Å². The van der Waals surface area contributed by atoms with Gasteiger partial charge in [0.15, 0.2) is 0 Å². The molecule has 1 aliphatic carbocycles. The van der Waals surface area contributed by atoms with E-state index in [0.717, 1.165) is 29.7 Å². The number of ether oxygens (including phenoxy) is 2. The molecule has 0 unspecified atom stereocenters. The zero-order chi connectivity index (χ0) is 23.2. The lowest BCUT2D eigenvalue weighted by Crippen LogP contribution is -2.34. The van der Waals surface area contributed by atoms with Gasteiger partial charge in [-0.1, -0.05) is 60.4 Å². The van der Waals surface area contributed by atoms with Gasteiger partial charge in [-0.3, -0.25) is 0 Å². The zero-order valence-corrected chi connectivity index (χ0v) is 18.9. The van der Waals surface area contributed by atoms with Gasteiger partial charge in [-0.25, -0.2) is 9.59 Å². The monoisotopic (exact) mass is 441 g/mol. The molecule has 0 bridgehead atoms. The van der Waals surface area contributed by atoms with Gasteiger partial charge in [0.2, 0.25) is 0 Å². The Balaban J connectivity index is 1.73. The maximum absolute atomic E-state index is 13.4. The van der Waals surface area contributed by atoms with Crippen LogP contribution in [0.1, 0.15) is 37.8 Å². The number of hydrogen-bond acceptors (Lipinski definition) is 5. The molecule has 168 valence electrons. The van der Waals surface area contributed by atoms with Crippen molar-refractivity contribution >= 4 is 11.9 Å². The molecule has 2 aromatic rings. The van der Waals surface area contributed by atoms with E-state index in [9.17, 15) is 9.59 Å². The Labute approximate surface area is 194 Å². The van der Waals surface area contributed by atoms with Crippen LogP contribution in [0.5, 0.6) is 0 Å². The molecule has 5 heteroatoms. The van der Waals surface area contributed by atoms with Gasteiger partial charge in [0.25, 0.3) is 0 Å². The molecule has 1 aliphatic heterocycles. The van der Waals surface area contributed by atoms with Crippen molar-refractivity contribution in [2.75, 3.05) is 6.61 Å². The number of dihydropyridines is 1. The molecule has 1 saturated carbocycles. The average molecular weight is 442 g/mol. The minimum absolute atomic E-state index is 0.150. The van der Waals surface area contributed by atoms with Crippen molar-refractivity contribution in [1.29, 1.82) is 0 Å². The van der Waals surface area contributed by atoms with Crippen LogP contribution < -0.4 is 5.32 Å². The van der Waals surface area contributed by atoms with Crippen LogP contribution in [0, 0.1) is 23.7 Å². The Bertz CT molecular complexity index is 1150. The molecule has 1 fully saturated rings. The largest absolute Gasteiger partial charge is 0.463 e. The summed E-state index contributed by atoms with van der Waals surface area (Å²) in [5.41, 5.74) is 3.95. The highest BCUT2D eigenvalue weighted by Crippen LogP contribution is 2.42. The number of hydrogen-bond donors (Lipinski definition) is 1. The van der Waals surface area contributed by atoms with Gasteiger partial charge in [0.05, 0.1) is 23.7 Å². The molecule has 5 nitrogen and oxygen atoms in total. The second kappa shape index (κ2) is 10.2. The van der Waals surface area contributed by atoms with E-state index in [1.165, 1.54) is 0 Å². The van der Waals surface area contributed by atoms with E-state index in [2.05, 4.69) is 17.2 Å². The molecule has 1 atom stereocenters. The molecule has 1 N–H and O–H groups in total. The third kappa shape index (κ3) is 5.35. The fraction of sp³-hybridized carbons (Fsp3) is 0.286. The van der Waals surface area contributed by atoms with Crippen molar-refractivity contribution in [3.05, 3.63) is 94.3 Å². The zero-order valence-electron chi connectivity index (χ0n) is 18.9. The smallest absolute Gasteiger partial charge is 0.337 e. The summed E-state index contributed by atoms with van der Waals surface area (Å²) in [4.78, 5) is 26.3. The molecule has 0 radical (unpaired) electrons. The first-order chi connectivity index (χ1) is 16.1. The number of nitrogens with one attached hydrogen (secondary N) is 1. The molecule has 0 saturated heterocycles. The minimum atomic E-state index is -0.732. The highest BCUT2D eigenvalue weighted by atomic mass is 16.5. The summed E-state index contributed by atoms with van der Waals surface area (Å²) >= 11 is 0. The number of carbonyl (C=O) groups is 2. The second-order valence-electron chi connectivity index (χ2n) is 8.12. The summed E-state index contributed by atoms with van der Waals surface area (Å²) in [7, 11) is 0. The molecule has 33 heavy (non-hydrogen) atoms. The highest BCUT2D eigenvalue weighted by molar-refractivity contribution is 5.99. The van der Waals surface area contributed by atoms with Crippen LogP contribution in [0.2, 0.25) is 0 Å². The first-order valence-corrected chi connectivity index (χ1v) is 11.2. The van der Waals surface area contributed by atoms with Gasteiger partial charge in [-0.15, -0.1) is 0 Å². The van der Waals surface area contributed by atoms with Gasteiger partial charge in [-0.05, 0) is 50.3 Å². The quantitative estimate of drug-likeness (QED) is 0.528. The van der Waals surface area contributed by atoms with E-state index in [1.54, 1.807) is 6.92 Å². The lowest BCUT2D eigenvalue weighted by atomic mass is 9.84. The van der Waals surface area contributed by atoms with Crippen molar-refractivity contribution in [3.63, 3.8) is 0 Å². The lowest BCUT2D eigenvalue weighted by molar-refractivity contribution is -0.141. The number of carbonyl (C=O) groups excluding carboxylic acids is 2. The standard InChI is InChI=1S/C28H27NO4/c1-3-32-27(30)24-19(2)29-26(22-15-16-22)25(23(24)17-14-20-10-6-4-7-11-20)28(31)33-18-21-12-8-5-9-13-21/h4-13,22-23,29H,3,15-16,18H2,1-2H3/t23-/m0/s1. The maximum atomic E-state index is 13.4. The van der Waals surface area contributed by atoms with Crippen molar-refractivity contribution in [3.8, 4) is 11.8 Å². The van der Waals surface area contributed by atoms with E-state index in [4.69, 9.17) is 9.47 Å². The van der Waals surface area contributed by atoms with Crippen LogP contribution in [0.15, 0.2) is 83.2 Å². The summed E-state index contributed by atoms with van der Waals surface area (Å²) in [6, 6.07) is 19.0. The summed E-state index contributed by atoms with van der Waals surface area (Å²) in [6.07, 6.45) is 1.97. The summed E-state index contributed by atoms with van der Waals surface area (Å²) < 4.78 is 11.0. The molecule has 4 rings (SSSR count). The number of benzene rings is 2. The van der Waals surface area contributed by atoms with Gasteiger partial charge < -0.3 is 14.8 Å². The molecule has 0 spiro atoms. The van der Waals surface area contributed by atoms with Crippen molar-refractivity contribution in [2.45, 2.75) is 33.3 Å². The highest BCUT2D eigenvalue weighted by Gasteiger charge is 2.41. The first kappa shape index (κ1) is 22.4. The van der Waals surface area contributed by atoms with Crippen LogP contribution >= 0.6 is 0 Å². The van der Waals surface area contributed by atoms with Gasteiger partial charge in [0, 0.05) is 17.0 Å². The van der Waals surface area contributed by atoms with Gasteiger partial charge in [-0.2, -0.15) is 0 Å². The van der Waals surface area contributed by atoms with Gasteiger partial charge >= 0.3 is 11.9 Å². The van der Waals surface area contributed by atoms with Crippen LogP contribution in [0.3, 0.4) is 0 Å². The fourth-order valence-corrected chi connectivity index (χ4v) is 3.88. The molecule has 0 amide bonds. The predicted molar refractivity (Wildman–Crippen MR) is 125 cm³/mol. The predicted octanol–water partition coefficient (Wildman–Crippen LogP) is 4.50. The molecular weight excluding hydrogens is 414 g/mol. The van der Waals surface area contributed by atoms with Gasteiger partial charge in [0.1, 0.15) is 6.61 Å². The molecular formula is C28H27NO4. The van der Waals surface area contributed by atoms with E-state index < -0.39 is 17.9 Å². The maximum Gasteiger partial charge on any atom is 0.337 e. The van der Waals surface area contributed by atoms with Crippen LogP contribution in [0.25, 0.3) is 0 Å². The topological polar surface area (TPSA) is 64.6 Å². The van der Waals surface area contributed by atoms with Crippen molar-refractivity contribution < 1.29 is 19.1 Å². The average Bonchev–Trinajstić information content (AvgIpc) is 3.67. The van der Waals surface area contributed by atoms with E-state index in [1.807, 2.05) is 67.6 Å².